The molecular formula is C28H30ClN3O5S2. The number of hydrogen-bond acceptors (Lipinski definition) is 7. The van der Waals surface area contributed by atoms with Crippen molar-refractivity contribution in [1.82, 2.24) is 14.3 Å². The summed E-state index contributed by atoms with van der Waals surface area (Å²) in [5.74, 6) is 0.495. The monoisotopic (exact) mass is 587 g/mol. The van der Waals surface area contributed by atoms with Gasteiger partial charge in [0.25, 0.3) is 0 Å². The Hall–Kier alpha value is -2.89. The highest BCUT2D eigenvalue weighted by molar-refractivity contribution is 8.04. The van der Waals surface area contributed by atoms with Gasteiger partial charge in [0.1, 0.15) is 11.4 Å². The third-order valence-corrected chi connectivity index (χ3v) is 8.98. The Bertz CT molecular complexity index is 1450. The van der Waals surface area contributed by atoms with Gasteiger partial charge in [-0.05, 0) is 79.9 Å². The number of nitrogens with one attached hydrogen (secondary N) is 1. The molecule has 0 radical (unpaired) electrons. The molecule has 2 aromatic carbocycles. The van der Waals surface area contributed by atoms with E-state index in [1.165, 1.54) is 36.0 Å². The summed E-state index contributed by atoms with van der Waals surface area (Å²) in [5, 5.41) is 12.6. The highest BCUT2D eigenvalue weighted by Crippen LogP contribution is 2.41. The summed E-state index contributed by atoms with van der Waals surface area (Å²) in [6.07, 6.45) is 8.50. The van der Waals surface area contributed by atoms with Crippen LogP contribution in [0.4, 0.5) is 0 Å². The molecule has 206 valence electrons. The Morgan fingerprint density at radius 2 is 1.90 bits per heavy atom. The zero-order valence-corrected chi connectivity index (χ0v) is 23.8. The van der Waals surface area contributed by atoms with E-state index >= 15 is 0 Å². The number of ketones is 1. The Labute approximate surface area is 237 Å². The minimum atomic E-state index is -3.74. The van der Waals surface area contributed by atoms with Crippen molar-refractivity contribution < 1.29 is 23.1 Å². The molecule has 4 rings (SSSR count). The summed E-state index contributed by atoms with van der Waals surface area (Å²) in [6.45, 7) is 0.544. The van der Waals surface area contributed by atoms with Gasteiger partial charge in [0.2, 0.25) is 10.0 Å². The van der Waals surface area contributed by atoms with Crippen LogP contribution in [0.3, 0.4) is 0 Å². The topological polar surface area (TPSA) is 111 Å². The molecule has 0 bridgehead atoms. The van der Waals surface area contributed by atoms with Gasteiger partial charge in [0.05, 0.1) is 16.4 Å². The molecule has 3 aromatic rings. The molecule has 39 heavy (non-hydrogen) atoms. The van der Waals surface area contributed by atoms with E-state index in [4.69, 9.17) is 16.3 Å². The molecule has 11 heteroatoms. The first-order chi connectivity index (χ1) is 18.7. The van der Waals surface area contributed by atoms with Gasteiger partial charge in [0.15, 0.2) is 10.9 Å². The number of aromatic nitrogens is 2. The average molecular weight is 588 g/mol. The number of carbonyl (C=O) groups excluding carboxylic acids is 1. The standard InChI is InChI=1S/C28H30ClN3O5S2/c1-32-18-17-30-27(32)38-25-20-28(34,15-5-6-19-37-22-8-3-2-4-9-22)24(26(25)33)10-7-16-31-39(35,36)23-13-11-21(29)12-14-23/h2-4,8-14,17-18,20,31,34H,5-7,15-16,19H2,1H3/b24-10-. The molecule has 0 saturated carbocycles. The van der Waals surface area contributed by atoms with Crippen molar-refractivity contribution in [1.29, 1.82) is 0 Å². The molecule has 0 fully saturated rings. The van der Waals surface area contributed by atoms with Crippen LogP contribution in [0.2, 0.25) is 5.02 Å². The molecule has 8 nitrogen and oxygen atoms in total. The van der Waals surface area contributed by atoms with Crippen LogP contribution in [0.25, 0.3) is 0 Å². The molecule has 1 aromatic heterocycles. The minimum Gasteiger partial charge on any atom is -0.494 e. The van der Waals surface area contributed by atoms with Crippen molar-refractivity contribution in [2.24, 2.45) is 7.05 Å². The van der Waals surface area contributed by atoms with Gasteiger partial charge in [-0.2, -0.15) is 0 Å². The number of hydrogen-bond donors (Lipinski definition) is 2. The van der Waals surface area contributed by atoms with E-state index in [2.05, 4.69) is 9.71 Å². The van der Waals surface area contributed by atoms with Crippen LogP contribution in [0.15, 0.2) is 99.7 Å². The number of halogens is 1. The largest absolute Gasteiger partial charge is 0.494 e. The van der Waals surface area contributed by atoms with Crippen molar-refractivity contribution in [3.63, 3.8) is 0 Å². The number of ether oxygens (including phenoxy) is 1. The van der Waals surface area contributed by atoms with Gasteiger partial charge in [-0.3, -0.25) is 4.79 Å². The smallest absolute Gasteiger partial charge is 0.240 e. The normalized spacial score (nSPS) is 18.5. The predicted molar refractivity (Wildman–Crippen MR) is 152 cm³/mol. The zero-order chi connectivity index (χ0) is 27.9. The predicted octanol–water partition coefficient (Wildman–Crippen LogP) is 4.91. The van der Waals surface area contributed by atoms with Gasteiger partial charge in [-0.25, -0.2) is 18.1 Å². The van der Waals surface area contributed by atoms with E-state index in [0.717, 1.165) is 5.75 Å². The molecule has 0 saturated heterocycles. The lowest BCUT2D eigenvalue weighted by Crippen LogP contribution is -2.29. The second-order valence-electron chi connectivity index (χ2n) is 9.06. The van der Waals surface area contributed by atoms with Crippen LogP contribution in [0, 0.1) is 0 Å². The minimum absolute atomic E-state index is 0.0601. The fourth-order valence-corrected chi connectivity index (χ4v) is 6.25. The van der Waals surface area contributed by atoms with E-state index in [1.54, 1.807) is 29.1 Å². The second-order valence-corrected chi connectivity index (χ2v) is 12.3. The van der Waals surface area contributed by atoms with Gasteiger partial charge in [0, 0.05) is 36.6 Å². The number of sulfonamides is 1. The summed E-state index contributed by atoms with van der Waals surface area (Å²) >= 11 is 7.05. The van der Waals surface area contributed by atoms with Crippen LogP contribution < -0.4 is 9.46 Å². The van der Waals surface area contributed by atoms with Gasteiger partial charge >= 0.3 is 0 Å². The Morgan fingerprint density at radius 1 is 1.15 bits per heavy atom. The number of aliphatic hydroxyl groups is 1. The summed E-state index contributed by atoms with van der Waals surface area (Å²) in [4.78, 5) is 18.1. The zero-order valence-electron chi connectivity index (χ0n) is 21.4. The number of thioether (sulfide) groups is 1. The summed E-state index contributed by atoms with van der Waals surface area (Å²) in [7, 11) is -1.90. The maximum absolute atomic E-state index is 13.3. The molecule has 1 aliphatic carbocycles. The summed E-state index contributed by atoms with van der Waals surface area (Å²) in [5.41, 5.74) is -1.22. The van der Waals surface area contributed by atoms with Crippen molar-refractivity contribution in [3.8, 4) is 5.75 Å². The number of imidazole rings is 1. The van der Waals surface area contributed by atoms with E-state index in [1.807, 2.05) is 37.4 Å². The third kappa shape index (κ3) is 7.61. The molecule has 0 aliphatic heterocycles. The van der Waals surface area contributed by atoms with E-state index in [0.29, 0.717) is 41.0 Å². The number of aryl methyl sites for hydroxylation is 1. The summed E-state index contributed by atoms with van der Waals surface area (Å²) in [6, 6.07) is 15.4. The number of para-hydroxylation sites is 1. The third-order valence-electron chi connectivity index (χ3n) is 6.16. The van der Waals surface area contributed by atoms with Crippen molar-refractivity contribution in [2.75, 3.05) is 13.2 Å². The lowest BCUT2D eigenvalue weighted by atomic mass is 9.90. The van der Waals surface area contributed by atoms with E-state index in [9.17, 15) is 18.3 Å². The lowest BCUT2D eigenvalue weighted by Gasteiger charge is -2.22. The highest BCUT2D eigenvalue weighted by atomic mass is 35.5. The number of carbonyl (C=O) groups is 1. The average Bonchev–Trinajstić information content (AvgIpc) is 3.42. The number of benzene rings is 2. The van der Waals surface area contributed by atoms with E-state index in [-0.39, 0.29) is 29.2 Å². The molecule has 2 N–H and O–H groups in total. The molecule has 1 aliphatic rings. The quantitative estimate of drug-likeness (QED) is 0.216. The Kier molecular flexibility index (Phi) is 9.68. The number of allylic oxidation sites excluding steroid dienone is 1. The second kappa shape index (κ2) is 13.0. The highest BCUT2D eigenvalue weighted by Gasteiger charge is 2.41. The Morgan fingerprint density at radius 3 is 2.59 bits per heavy atom. The number of rotatable bonds is 13. The number of nitrogens with zero attached hydrogens (tertiary/aromatic N) is 2. The van der Waals surface area contributed by atoms with Crippen molar-refractivity contribution >= 4 is 39.2 Å². The van der Waals surface area contributed by atoms with Crippen molar-refractivity contribution in [3.05, 3.63) is 94.6 Å². The van der Waals surface area contributed by atoms with Gasteiger partial charge in [-0.15, -0.1) is 0 Å². The van der Waals surface area contributed by atoms with Gasteiger partial charge in [-0.1, -0.05) is 35.9 Å². The molecule has 1 atom stereocenters. The van der Waals surface area contributed by atoms with Crippen LogP contribution >= 0.6 is 23.4 Å². The van der Waals surface area contributed by atoms with Crippen molar-refractivity contribution in [2.45, 2.75) is 41.3 Å². The molecule has 1 unspecified atom stereocenters. The first kappa shape index (κ1) is 29.1. The molecular weight excluding hydrogens is 558 g/mol. The first-order valence-electron chi connectivity index (χ1n) is 12.5. The molecule has 0 amide bonds. The fourth-order valence-electron chi connectivity index (χ4n) is 4.10. The van der Waals surface area contributed by atoms with Gasteiger partial charge < -0.3 is 14.4 Å². The van der Waals surface area contributed by atoms with E-state index < -0.39 is 15.6 Å². The lowest BCUT2D eigenvalue weighted by molar-refractivity contribution is -0.112. The first-order valence-corrected chi connectivity index (χ1v) is 15.1. The van der Waals surface area contributed by atoms with Crippen LogP contribution in [0.5, 0.6) is 5.75 Å². The summed E-state index contributed by atoms with van der Waals surface area (Å²) < 4.78 is 35.2. The van der Waals surface area contributed by atoms with Crippen LogP contribution in [-0.2, 0) is 21.9 Å². The SMILES string of the molecule is Cn1ccnc1SC1=CC(O)(CCCCOc2ccccc2)/C(=C\CCNS(=O)(=O)c2ccc(Cl)cc2)C1=O. The maximum Gasteiger partial charge on any atom is 0.240 e. The number of unbranched alkanes of at least 4 members (excludes halogenated alkanes) is 1. The molecule has 1 heterocycles. The van der Waals surface area contributed by atoms with Crippen LogP contribution in [-0.4, -0.2) is 47.6 Å². The fraction of sp³-hybridized carbons (Fsp3) is 0.286. The number of Topliss-reactive ketones (excluding diaryl/α,β-unsaturated/α-hetero) is 1. The van der Waals surface area contributed by atoms with Crippen LogP contribution in [0.1, 0.15) is 25.7 Å². The Balaban J connectivity index is 1.41. The maximum atomic E-state index is 13.3. The molecule has 0 spiro atoms.